The summed E-state index contributed by atoms with van der Waals surface area (Å²) in [5.41, 5.74) is 3.87. The van der Waals surface area contributed by atoms with Gasteiger partial charge in [0.25, 0.3) is 0 Å². The molecule has 0 fully saturated rings. The Balaban J connectivity index is 0.00000225. The van der Waals surface area contributed by atoms with Crippen molar-refractivity contribution in [1.29, 1.82) is 0 Å². The number of nitrogens with zero attached hydrogens (tertiary/aromatic N) is 3. The van der Waals surface area contributed by atoms with Crippen molar-refractivity contribution in [2.45, 2.75) is 20.4 Å². The number of fused-ring (bicyclic) bond motifs is 3. The van der Waals surface area contributed by atoms with E-state index in [4.69, 9.17) is 20.8 Å². The summed E-state index contributed by atoms with van der Waals surface area (Å²) in [7, 11) is 1.43. The van der Waals surface area contributed by atoms with E-state index in [-0.39, 0.29) is 18.2 Å². The fourth-order valence-corrected chi connectivity index (χ4v) is 3.17. The zero-order chi connectivity index (χ0) is 19.1. The van der Waals surface area contributed by atoms with Crippen LogP contribution in [-0.4, -0.2) is 22.1 Å². The lowest BCUT2D eigenvalue weighted by atomic mass is 10.1. The van der Waals surface area contributed by atoms with Gasteiger partial charge in [0.2, 0.25) is 5.71 Å². The molecule has 0 amide bonds. The predicted octanol–water partition coefficient (Wildman–Crippen LogP) is 5.22. The van der Waals surface area contributed by atoms with Gasteiger partial charge >= 0.3 is 0 Å². The van der Waals surface area contributed by atoms with E-state index in [1.165, 1.54) is 19.5 Å². The molecule has 0 aliphatic carbocycles. The Kier molecular flexibility index (Phi) is 5.58. The van der Waals surface area contributed by atoms with E-state index in [1.54, 1.807) is 12.1 Å². The number of anilines is 1. The number of methoxy groups -OCH3 is 1. The molecule has 0 aliphatic heterocycles. The van der Waals surface area contributed by atoms with E-state index in [0.29, 0.717) is 39.9 Å². The first-order valence-corrected chi connectivity index (χ1v) is 8.63. The van der Waals surface area contributed by atoms with E-state index >= 15 is 0 Å². The topological polar surface area (TPSA) is 73.1 Å². The summed E-state index contributed by atoms with van der Waals surface area (Å²) in [5, 5.41) is 4.52. The van der Waals surface area contributed by atoms with Crippen molar-refractivity contribution in [3.63, 3.8) is 0 Å². The highest BCUT2D eigenvalue weighted by Crippen LogP contribution is 2.35. The first-order valence-electron chi connectivity index (χ1n) is 8.25. The standard InChI is InChI=1S/C19H16ClFN4O2.ClH/c1-9-14-16-17(27-19(14)25-10(2)15(9)20)18(24-8-23-16)22-7-11-4-5-13(26-3)12(21)6-11;/h4-6,8H,7H2,1-3H3,(H,22,23,24);1H. The Morgan fingerprint density at radius 3 is 2.75 bits per heavy atom. The van der Waals surface area contributed by atoms with Crippen LogP contribution in [0.5, 0.6) is 5.75 Å². The van der Waals surface area contributed by atoms with Crippen LogP contribution in [0.15, 0.2) is 28.9 Å². The second kappa shape index (κ2) is 7.77. The number of aryl methyl sites for hydroxylation is 2. The van der Waals surface area contributed by atoms with Crippen LogP contribution in [0.2, 0.25) is 5.02 Å². The number of hydrogen-bond donors (Lipinski definition) is 1. The number of hydrogen-bond acceptors (Lipinski definition) is 6. The molecule has 0 unspecified atom stereocenters. The summed E-state index contributed by atoms with van der Waals surface area (Å²) in [5.74, 6) is 0.287. The fraction of sp³-hybridized carbons (Fsp3) is 0.211. The van der Waals surface area contributed by atoms with Gasteiger partial charge in [-0.15, -0.1) is 12.4 Å². The number of ether oxygens (including phenoxy) is 1. The first kappa shape index (κ1) is 20.1. The largest absolute Gasteiger partial charge is 0.494 e. The smallest absolute Gasteiger partial charge is 0.229 e. The maximum absolute atomic E-state index is 13.9. The van der Waals surface area contributed by atoms with Gasteiger partial charge in [-0.3, -0.25) is 0 Å². The fourth-order valence-electron chi connectivity index (χ4n) is 3.03. The summed E-state index contributed by atoms with van der Waals surface area (Å²) < 4.78 is 24.7. The van der Waals surface area contributed by atoms with Gasteiger partial charge in [-0.1, -0.05) is 17.7 Å². The van der Waals surface area contributed by atoms with Crippen LogP contribution in [0.4, 0.5) is 10.2 Å². The molecule has 6 nitrogen and oxygen atoms in total. The van der Waals surface area contributed by atoms with Crippen LogP contribution in [0.1, 0.15) is 16.8 Å². The minimum Gasteiger partial charge on any atom is -0.494 e. The van der Waals surface area contributed by atoms with Gasteiger partial charge < -0.3 is 14.5 Å². The van der Waals surface area contributed by atoms with Crippen molar-refractivity contribution < 1.29 is 13.5 Å². The van der Waals surface area contributed by atoms with Gasteiger partial charge in [0, 0.05) is 6.54 Å². The number of nitrogens with one attached hydrogen (secondary N) is 1. The number of aromatic nitrogens is 3. The van der Waals surface area contributed by atoms with Crippen molar-refractivity contribution in [1.82, 2.24) is 15.0 Å². The highest BCUT2D eigenvalue weighted by molar-refractivity contribution is 6.33. The number of benzene rings is 1. The summed E-state index contributed by atoms with van der Waals surface area (Å²) in [6.07, 6.45) is 1.45. The zero-order valence-corrected chi connectivity index (χ0v) is 16.9. The number of rotatable bonds is 4. The van der Waals surface area contributed by atoms with Gasteiger partial charge in [0.15, 0.2) is 23.0 Å². The van der Waals surface area contributed by atoms with Crippen molar-refractivity contribution in [2.75, 3.05) is 12.4 Å². The molecule has 1 N–H and O–H groups in total. The lowest BCUT2D eigenvalue weighted by Gasteiger charge is -2.07. The highest BCUT2D eigenvalue weighted by Gasteiger charge is 2.19. The molecule has 0 bridgehead atoms. The number of halogens is 3. The molecule has 0 saturated carbocycles. The Bertz CT molecular complexity index is 1180. The molecule has 0 atom stereocenters. The normalized spacial score (nSPS) is 10.9. The molecular weight excluding hydrogens is 406 g/mol. The molecule has 0 aliphatic rings. The summed E-state index contributed by atoms with van der Waals surface area (Å²) >= 11 is 6.33. The molecule has 0 saturated heterocycles. The van der Waals surface area contributed by atoms with Crippen molar-refractivity contribution in [2.24, 2.45) is 0 Å². The van der Waals surface area contributed by atoms with Crippen LogP contribution in [0.3, 0.4) is 0 Å². The third kappa shape index (κ3) is 3.31. The molecule has 3 heterocycles. The van der Waals surface area contributed by atoms with Gasteiger partial charge in [0.1, 0.15) is 11.8 Å². The molecule has 146 valence electrons. The summed E-state index contributed by atoms with van der Waals surface area (Å²) in [6, 6.07) is 4.78. The molecule has 4 rings (SSSR count). The van der Waals surface area contributed by atoms with Crippen LogP contribution < -0.4 is 10.1 Å². The average Bonchev–Trinajstić information content (AvgIpc) is 3.03. The lowest BCUT2D eigenvalue weighted by molar-refractivity contribution is 0.386. The molecule has 0 radical (unpaired) electrons. The van der Waals surface area contributed by atoms with E-state index in [0.717, 1.165) is 16.5 Å². The molecule has 3 aromatic heterocycles. The third-order valence-corrected chi connectivity index (χ3v) is 4.98. The second-order valence-corrected chi connectivity index (χ2v) is 6.52. The molecule has 9 heteroatoms. The van der Waals surface area contributed by atoms with Crippen LogP contribution in [0.25, 0.3) is 22.2 Å². The minimum atomic E-state index is -0.418. The predicted molar refractivity (Wildman–Crippen MR) is 109 cm³/mol. The SMILES string of the molecule is COc1ccc(CNc2ncnc3c2oc2nc(C)c(Cl)c(C)c23)cc1F.Cl. The quantitative estimate of drug-likeness (QED) is 0.485. The molecule has 4 aromatic rings. The molecule has 0 spiro atoms. The number of pyridine rings is 1. The Hall–Kier alpha value is -2.64. The van der Waals surface area contributed by atoms with Gasteiger partial charge in [-0.05, 0) is 37.1 Å². The van der Waals surface area contributed by atoms with Crippen LogP contribution in [-0.2, 0) is 6.54 Å². The van der Waals surface area contributed by atoms with Crippen molar-refractivity contribution in [3.05, 3.63) is 52.2 Å². The minimum absolute atomic E-state index is 0. The van der Waals surface area contributed by atoms with E-state index in [1.807, 2.05) is 13.8 Å². The van der Waals surface area contributed by atoms with Crippen molar-refractivity contribution >= 4 is 52.0 Å². The Morgan fingerprint density at radius 2 is 2.04 bits per heavy atom. The maximum atomic E-state index is 13.9. The first-order chi connectivity index (χ1) is 13.0. The molecular formula is C19H17Cl2FN4O2. The van der Waals surface area contributed by atoms with Gasteiger partial charge in [-0.25, -0.2) is 19.3 Å². The van der Waals surface area contributed by atoms with E-state index in [2.05, 4.69) is 20.3 Å². The maximum Gasteiger partial charge on any atom is 0.229 e. The second-order valence-electron chi connectivity index (χ2n) is 6.14. The summed E-state index contributed by atoms with van der Waals surface area (Å²) in [6.45, 7) is 4.09. The lowest BCUT2D eigenvalue weighted by Crippen LogP contribution is -2.02. The zero-order valence-electron chi connectivity index (χ0n) is 15.3. The Morgan fingerprint density at radius 1 is 1.25 bits per heavy atom. The van der Waals surface area contributed by atoms with Crippen LogP contribution in [0, 0.1) is 19.7 Å². The van der Waals surface area contributed by atoms with E-state index in [9.17, 15) is 4.39 Å². The molecule has 1 aromatic carbocycles. The third-order valence-electron chi connectivity index (χ3n) is 4.42. The number of furan rings is 1. The van der Waals surface area contributed by atoms with Gasteiger partial charge in [-0.2, -0.15) is 0 Å². The summed E-state index contributed by atoms with van der Waals surface area (Å²) in [4.78, 5) is 13.0. The average molecular weight is 423 g/mol. The van der Waals surface area contributed by atoms with Gasteiger partial charge in [0.05, 0.1) is 23.2 Å². The van der Waals surface area contributed by atoms with Crippen LogP contribution >= 0.6 is 24.0 Å². The molecule has 28 heavy (non-hydrogen) atoms. The highest BCUT2D eigenvalue weighted by atomic mass is 35.5. The Labute approximate surface area is 171 Å². The monoisotopic (exact) mass is 422 g/mol. The van der Waals surface area contributed by atoms with E-state index < -0.39 is 5.82 Å². The van der Waals surface area contributed by atoms with Crippen molar-refractivity contribution in [3.8, 4) is 5.75 Å².